The van der Waals surface area contributed by atoms with E-state index in [1.54, 1.807) is 0 Å². The van der Waals surface area contributed by atoms with Crippen LogP contribution in [0, 0.1) is 11.8 Å². The van der Waals surface area contributed by atoms with E-state index in [0.29, 0.717) is 11.8 Å². The minimum atomic E-state index is 0.446. The van der Waals surface area contributed by atoms with Gasteiger partial charge in [-0.3, -0.25) is 4.99 Å². The number of rotatable bonds is 5. The highest BCUT2D eigenvalue weighted by Gasteiger charge is 1.98. The van der Waals surface area contributed by atoms with Crippen molar-refractivity contribution < 1.29 is 0 Å². The molecule has 0 saturated carbocycles. The van der Waals surface area contributed by atoms with Crippen LogP contribution in [-0.4, -0.2) is 13.3 Å². The molecule has 1 N–H and O–H groups in total. The van der Waals surface area contributed by atoms with Gasteiger partial charge < -0.3 is 5.32 Å². The van der Waals surface area contributed by atoms with Gasteiger partial charge in [-0.05, 0) is 18.6 Å². The number of allylic oxidation sites excluding steroid dienone is 1. The molecule has 0 atom stereocenters. The molecule has 2 heteroatoms. The lowest BCUT2D eigenvalue weighted by Gasteiger charge is -2.08. The topological polar surface area (TPSA) is 24.4 Å². The molecule has 0 aliphatic heterocycles. The molecule has 70 valence electrons. The molecule has 0 spiro atoms. The van der Waals surface area contributed by atoms with Crippen LogP contribution in [0.1, 0.15) is 27.7 Å². The Labute approximate surface area is 75.8 Å². The Bertz CT molecular complexity index is 157. The van der Waals surface area contributed by atoms with Crippen molar-refractivity contribution in [2.75, 3.05) is 6.54 Å². The van der Waals surface area contributed by atoms with Crippen molar-refractivity contribution in [1.82, 2.24) is 5.32 Å². The average molecular weight is 168 g/mol. The van der Waals surface area contributed by atoms with Gasteiger partial charge in [0, 0.05) is 12.7 Å². The highest BCUT2D eigenvalue weighted by Crippen LogP contribution is 2.08. The van der Waals surface area contributed by atoms with Crippen molar-refractivity contribution >= 4 is 6.72 Å². The maximum absolute atomic E-state index is 3.93. The minimum Gasteiger partial charge on any atom is -0.389 e. The molecule has 0 amide bonds. The third-order valence-electron chi connectivity index (χ3n) is 1.55. The van der Waals surface area contributed by atoms with Crippen LogP contribution in [0.4, 0.5) is 0 Å². The fourth-order valence-corrected chi connectivity index (χ4v) is 0.794. The van der Waals surface area contributed by atoms with Gasteiger partial charge >= 0.3 is 0 Å². The van der Waals surface area contributed by atoms with E-state index in [-0.39, 0.29) is 0 Å². The van der Waals surface area contributed by atoms with Crippen LogP contribution in [0.15, 0.2) is 16.9 Å². The standard InChI is InChI=1S/C10H20N2/c1-8(2)6-12-7-10(11-5)9(3)4/h7-9,12H,5-6H2,1-4H3/b10-7-. The molecule has 0 aliphatic carbocycles. The molecule has 0 aromatic carbocycles. The summed E-state index contributed by atoms with van der Waals surface area (Å²) in [5, 5.41) is 3.22. The lowest BCUT2D eigenvalue weighted by Crippen LogP contribution is -2.14. The summed E-state index contributed by atoms with van der Waals surface area (Å²) < 4.78 is 0. The van der Waals surface area contributed by atoms with Crippen molar-refractivity contribution in [3.05, 3.63) is 11.9 Å². The van der Waals surface area contributed by atoms with Gasteiger partial charge in [0.05, 0.1) is 5.70 Å². The van der Waals surface area contributed by atoms with Gasteiger partial charge in [-0.1, -0.05) is 27.7 Å². The lowest BCUT2D eigenvalue weighted by atomic mass is 10.1. The van der Waals surface area contributed by atoms with E-state index in [0.717, 1.165) is 12.2 Å². The van der Waals surface area contributed by atoms with E-state index >= 15 is 0 Å². The fourth-order valence-electron chi connectivity index (χ4n) is 0.794. The lowest BCUT2D eigenvalue weighted by molar-refractivity contribution is 0.604. The summed E-state index contributed by atoms with van der Waals surface area (Å²) in [5.41, 5.74) is 1.02. The van der Waals surface area contributed by atoms with E-state index < -0.39 is 0 Å². The third kappa shape index (κ3) is 4.94. The van der Waals surface area contributed by atoms with Gasteiger partial charge in [-0.2, -0.15) is 0 Å². The Morgan fingerprint density at radius 1 is 1.42 bits per heavy atom. The normalized spacial score (nSPS) is 12.3. The summed E-state index contributed by atoms with van der Waals surface area (Å²) >= 11 is 0. The van der Waals surface area contributed by atoms with Crippen LogP contribution in [0.25, 0.3) is 0 Å². The summed E-state index contributed by atoms with van der Waals surface area (Å²) in [4.78, 5) is 3.93. The van der Waals surface area contributed by atoms with Crippen LogP contribution in [0.2, 0.25) is 0 Å². The molecule has 2 nitrogen and oxygen atoms in total. The number of nitrogens with one attached hydrogen (secondary N) is 1. The highest BCUT2D eigenvalue weighted by atomic mass is 14.9. The molecule has 0 unspecified atom stereocenters. The van der Waals surface area contributed by atoms with E-state index in [9.17, 15) is 0 Å². The van der Waals surface area contributed by atoms with Gasteiger partial charge in [0.15, 0.2) is 0 Å². The van der Waals surface area contributed by atoms with Gasteiger partial charge in [-0.25, -0.2) is 0 Å². The second-order valence-corrected chi connectivity index (χ2v) is 3.68. The zero-order valence-corrected chi connectivity index (χ0v) is 8.59. The summed E-state index contributed by atoms with van der Waals surface area (Å²) in [6.07, 6.45) is 1.96. The SMILES string of the molecule is C=N/C(=C\NCC(C)C)C(C)C. The van der Waals surface area contributed by atoms with Crippen molar-refractivity contribution in [2.24, 2.45) is 16.8 Å². The first-order chi connectivity index (χ1) is 5.57. The summed E-state index contributed by atoms with van der Waals surface area (Å²) in [7, 11) is 0. The number of nitrogens with zero attached hydrogens (tertiary/aromatic N) is 1. The Kier molecular flexibility index (Phi) is 5.43. The maximum atomic E-state index is 3.93. The third-order valence-corrected chi connectivity index (χ3v) is 1.55. The molecule has 0 aromatic rings. The number of hydrogen-bond acceptors (Lipinski definition) is 2. The molecular formula is C10H20N2. The maximum Gasteiger partial charge on any atom is 0.0577 e. The van der Waals surface area contributed by atoms with Gasteiger partial charge in [0.1, 0.15) is 0 Å². The Morgan fingerprint density at radius 2 is 2.00 bits per heavy atom. The largest absolute Gasteiger partial charge is 0.389 e. The predicted molar refractivity (Wildman–Crippen MR) is 55.3 cm³/mol. The molecule has 0 saturated heterocycles. The Morgan fingerprint density at radius 3 is 2.33 bits per heavy atom. The van der Waals surface area contributed by atoms with E-state index in [1.165, 1.54) is 0 Å². The van der Waals surface area contributed by atoms with Gasteiger partial charge in [-0.15, -0.1) is 0 Å². The minimum absolute atomic E-state index is 0.446. The van der Waals surface area contributed by atoms with Gasteiger partial charge in [0.2, 0.25) is 0 Å². The van der Waals surface area contributed by atoms with E-state index in [4.69, 9.17) is 0 Å². The van der Waals surface area contributed by atoms with Crippen LogP contribution in [-0.2, 0) is 0 Å². The van der Waals surface area contributed by atoms with Gasteiger partial charge in [0.25, 0.3) is 0 Å². The smallest absolute Gasteiger partial charge is 0.0577 e. The summed E-state index contributed by atoms with van der Waals surface area (Å²) in [6, 6.07) is 0. The summed E-state index contributed by atoms with van der Waals surface area (Å²) in [5.74, 6) is 1.11. The molecule has 12 heavy (non-hydrogen) atoms. The first-order valence-electron chi connectivity index (χ1n) is 4.48. The zero-order chi connectivity index (χ0) is 9.56. The Hall–Kier alpha value is -0.790. The molecule has 0 radical (unpaired) electrons. The molecule has 0 aliphatic rings. The van der Waals surface area contributed by atoms with Crippen LogP contribution < -0.4 is 5.32 Å². The quantitative estimate of drug-likeness (QED) is 0.626. The Balaban J connectivity index is 3.86. The first kappa shape index (κ1) is 11.2. The van der Waals surface area contributed by atoms with Crippen LogP contribution in [0.3, 0.4) is 0 Å². The second-order valence-electron chi connectivity index (χ2n) is 3.68. The second kappa shape index (κ2) is 5.81. The van der Waals surface area contributed by atoms with E-state index in [1.807, 2.05) is 6.20 Å². The number of aliphatic imine (C=N–C) groups is 1. The van der Waals surface area contributed by atoms with Crippen molar-refractivity contribution in [3.63, 3.8) is 0 Å². The predicted octanol–water partition coefficient (Wildman–Crippen LogP) is 2.43. The molecule has 0 aromatic heterocycles. The highest BCUT2D eigenvalue weighted by molar-refractivity contribution is 5.29. The van der Waals surface area contributed by atoms with Crippen molar-refractivity contribution in [3.8, 4) is 0 Å². The summed E-state index contributed by atoms with van der Waals surface area (Å²) in [6.45, 7) is 13.1. The average Bonchev–Trinajstić information content (AvgIpc) is 1.96. The van der Waals surface area contributed by atoms with E-state index in [2.05, 4.69) is 44.7 Å². The van der Waals surface area contributed by atoms with Crippen LogP contribution in [0.5, 0.6) is 0 Å². The fraction of sp³-hybridized carbons (Fsp3) is 0.700. The van der Waals surface area contributed by atoms with Crippen molar-refractivity contribution in [2.45, 2.75) is 27.7 Å². The molecule has 0 heterocycles. The zero-order valence-electron chi connectivity index (χ0n) is 8.59. The number of hydrogen-bond donors (Lipinski definition) is 1. The molecule has 0 rings (SSSR count). The molecule has 0 fully saturated rings. The molecule has 0 bridgehead atoms. The first-order valence-corrected chi connectivity index (χ1v) is 4.48. The van der Waals surface area contributed by atoms with Crippen LogP contribution >= 0.6 is 0 Å². The molecular weight excluding hydrogens is 148 g/mol. The van der Waals surface area contributed by atoms with Crippen molar-refractivity contribution in [1.29, 1.82) is 0 Å². The monoisotopic (exact) mass is 168 g/mol.